The van der Waals surface area contributed by atoms with Crippen molar-refractivity contribution in [2.75, 3.05) is 0 Å². The monoisotopic (exact) mass is 904 g/mol. The lowest BCUT2D eigenvalue weighted by molar-refractivity contribution is 0.661. The Morgan fingerprint density at radius 2 is 0.817 bits per heavy atom. The second-order valence-electron chi connectivity index (χ2n) is 19.9. The van der Waals surface area contributed by atoms with Crippen LogP contribution in [0.5, 0.6) is 0 Å². The topological polar surface area (TPSA) is 43.6 Å². The second kappa shape index (κ2) is 14.8. The predicted molar refractivity (Wildman–Crippen MR) is 290 cm³/mol. The van der Waals surface area contributed by atoms with Crippen molar-refractivity contribution in [2.24, 2.45) is 0 Å². The Balaban J connectivity index is 0.958. The highest BCUT2D eigenvalue weighted by Crippen LogP contribution is 2.64. The van der Waals surface area contributed by atoms with Crippen molar-refractivity contribution >= 4 is 21.8 Å². The molecule has 15 rings (SSSR count). The molecule has 4 heteroatoms. The van der Waals surface area contributed by atoms with E-state index < -0.39 is 5.41 Å². The van der Waals surface area contributed by atoms with Crippen molar-refractivity contribution in [3.8, 4) is 84.4 Å². The molecule has 0 atom stereocenters. The third-order valence-electron chi connectivity index (χ3n) is 15.9. The van der Waals surface area contributed by atoms with Gasteiger partial charge in [0.1, 0.15) is 0 Å². The maximum absolute atomic E-state index is 5.54. The van der Waals surface area contributed by atoms with Crippen LogP contribution in [0.25, 0.3) is 106 Å². The summed E-state index contributed by atoms with van der Waals surface area (Å²) in [6.07, 6.45) is 0. The van der Waals surface area contributed by atoms with Gasteiger partial charge in [-0.05, 0) is 114 Å². The molecule has 71 heavy (non-hydrogen) atoms. The minimum atomic E-state index is -0.493. The largest absolute Gasteiger partial charge is 0.309 e. The van der Waals surface area contributed by atoms with Gasteiger partial charge in [-0.25, -0.2) is 15.0 Å². The summed E-state index contributed by atoms with van der Waals surface area (Å²) in [5, 5.41) is 2.47. The molecule has 332 valence electrons. The van der Waals surface area contributed by atoms with E-state index in [-0.39, 0.29) is 5.41 Å². The fraction of sp³-hybridized carbons (Fsp3) is 0.0597. The molecule has 0 saturated heterocycles. The van der Waals surface area contributed by atoms with Gasteiger partial charge >= 0.3 is 0 Å². The molecule has 0 radical (unpaired) electrons. The molecule has 1 spiro atoms. The van der Waals surface area contributed by atoms with E-state index in [4.69, 9.17) is 15.0 Å². The first kappa shape index (κ1) is 40.0. The van der Waals surface area contributed by atoms with Crippen LogP contribution in [0.2, 0.25) is 0 Å². The van der Waals surface area contributed by atoms with Crippen LogP contribution in [0.3, 0.4) is 0 Å². The summed E-state index contributed by atoms with van der Waals surface area (Å²) in [6.45, 7) is 4.71. The molecule has 3 aliphatic rings. The number of fused-ring (bicyclic) bond motifs is 16. The predicted octanol–water partition coefficient (Wildman–Crippen LogP) is 16.3. The van der Waals surface area contributed by atoms with Gasteiger partial charge in [-0.1, -0.05) is 208 Å². The Morgan fingerprint density at radius 1 is 0.310 bits per heavy atom. The highest BCUT2D eigenvalue weighted by Gasteiger charge is 2.52. The van der Waals surface area contributed by atoms with Crippen molar-refractivity contribution in [3.05, 3.63) is 264 Å². The van der Waals surface area contributed by atoms with Crippen LogP contribution < -0.4 is 0 Å². The van der Waals surface area contributed by atoms with Crippen LogP contribution in [-0.4, -0.2) is 19.5 Å². The molecule has 0 N–H and O–H groups in total. The third-order valence-corrected chi connectivity index (χ3v) is 15.9. The number of benzene rings is 10. The molecular formula is C67H44N4. The zero-order valence-electron chi connectivity index (χ0n) is 39.2. The lowest BCUT2D eigenvalue weighted by atomic mass is 9.70. The lowest BCUT2D eigenvalue weighted by Gasteiger charge is -2.30. The van der Waals surface area contributed by atoms with Gasteiger partial charge in [0.15, 0.2) is 17.5 Å². The van der Waals surface area contributed by atoms with Crippen LogP contribution in [0.4, 0.5) is 0 Å². The summed E-state index contributed by atoms with van der Waals surface area (Å²) in [6, 6.07) is 84.0. The average Bonchev–Trinajstić information content (AvgIpc) is 4.11. The van der Waals surface area contributed by atoms with E-state index in [1.165, 1.54) is 77.5 Å². The first-order chi connectivity index (χ1) is 35.0. The summed E-state index contributed by atoms with van der Waals surface area (Å²) in [5.74, 6) is 1.88. The van der Waals surface area contributed by atoms with Gasteiger partial charge in [-0.15, -0.1) is 0 Å². The summed E-state index contributed by atoms with van der Waals surface area (Å²) >= 11 is 0. The molecule has 0 unspecified atom stereocenters. The quantitative estimate of drug-likeness (QED) is 0.173. The van der Waals surface area contributed by atoms with E-state index in [2.05, 4.69) is 249 Å². The van der Waals surface area contributed by atoms with E-state index in [9.17, 15) is 0 Å². The molecule has 0 aliphatic heterocycles. The van der Waals surface area contributed by atoms with Crippen LogP contribution in [-0.2, 0) is 10.8 Å². The minimum absolute atomic E-state index is 0.138. The van der Waals surface area contributed by atoms with Gasteiger partial charge in [0.05, 0.1) is 16.4 Å². The average molecular weight is 905 g/mol. The fourth-order valence-corrected chi connectivity index (χ4v) is 12.8. The Labute approximate surface area is 412 Å². The highest BCUT2D eigenvalue weighted by molar-refractivity contribution is 6.12. The summed E-state index contributed by atoms with van der Waals surface area (Å²) in [7, 11) is 0. The van der Waals surface area contributed by atoms with E-state index >= 15 is 0 Å². The normalized spacial score (nSPS) is 14.0. The third kappa shape index (κ3) is 5.53. The smallest absolute Gasteiger partial charge is 0.164 e. The molecule has 0 bridgehead atoms. The zero-order chi connectivity index (χ0) is 47.0. The van der Waals surface area contributed by atoms with Gasteiger partial charge in [0, 0.05) is 38.6 Å². The van der Waals surface area contributed by atoms with E-state index in [0.717, 1.165) is 44.6 Å². The molecular weight excluding hydrogens is 861 g/mol. The van der Waals surface area contributed by atoms with Crippen LogP contribution in [0.15, 0.2) is 231 Å². The lowest BCUT2D eigenvalue weighted by Crippen LogP contribution is -2.25. The molecule has 0 amide bonds. The maximum atomic E-state index is 5.54. The molecule has 10 aromatic carbocycles. The number of hydrogen-bond donors (Lipinski definition) is 0. The Morgan fingerprint density at radius 3 is 1.55 bits per heavy atom. The number of para-hydroxylation sites is 1. The van der Waals surface area contributed by atoms with Gasteiger partial charge in [0.2, 0.25) is 0 Å². The standard InChI is InChI=1S/C67H44N4/c1-66(2)54-31-11-6-27-48(54)52-39-53-49-28-10-15-36-60(49)71(61(53)40-59(52)66)45-24-17-23-44(38-45)64-68-63(43-22-16-21-42(37-43)41-19-4-3-5-20-41)69-65(70-64)51-30-18-35-58-62(51)50-29-9-14-34-57(50)67(58)55-32-12-7-25-46(55)47-26-8-13-33-56(47)67/h3-40H,1-2H3. The van der Waals surface area contributed by atoms with E-state index in [1.54, 1.807) is 0 Å². The van der Waals surface area contributed by atoms with E-state index in [1.807, 2.05) is 0 Å². The molecule has 3 aliphatic carbocycles. The Hall–Kier alpha value is -8.99. The summed E-state index contributed by atoms with van der Waals surface area (Å²) in [4.78, 5) is 16.4. The van der Waals surface area contributed by atoms with Gasteiger partial charge < -0.3 is 4.57 Å². The van der Waals surface area contributed by atoms with Crippen molar-refractivity contribution in [2.45, 2.75) is 24.7 Å². The van der Waals surface area contributed by atoms with Crippen molar-refractivity contribution in [1.82, 2.24) is 19.5 Å². The van der Waals surface area contributed by atoms with Crippen molar-refractivity contribution < 1.29 is 0 Å². The second-order valence-corrected chi connectivity index (χ2v) is 19.9. The zero-order valence-corrected chi connectivity index (χ0v) is 39.2. The molecule has 0 fully saturated rings. The number of aromatic nitrogens is 4. The fourth-order valence-electron chi connectivity index (χ4n) is 12.8. The highest BCUT2D eigenvalue weighted by atomic mass is 15.0. The number of nitrogens with zero attached hydrogens (tertiary/aromatic N) is 4. The SMILES string of the molecule is CC1(C)c2ccccc2-c2cc3c4ccccc4n(-c4cccc(-c5nc(-c6cccc(-c7ccccc7)c6)nc(-c6cccc7c6-c6ccccc6C76c7ccccc7-c7ccccc76)n5)c4)c3cc21. The molecule has 4 nitrogen and oxygen atoms in total. The Bertz CT molecular complexity index is 4170. The molecule has 2 aromatic heterocycles. The summed E-state index contributed by atoms with van der Waals surface area (Å²) < 4.78 is 2.43. The van der Waals surface area contributed by atoms with Crippen molar-refractivity contribution in [1.29, 1.82) is 0 Å². The maximum Gasteiger partial charge on any atom is 0.164 e. The van der Waals surface area contributed by atoms with Crippen molar-refractivity contribution in [3.63, 3.8) is 0 Å². The van der Waals surface area contributed by atoms with Crippen LogP contribution in [0, 0.1) is 0 Å². The summed E-state index contributed by atoms with van der Waals surface area (Å²) in [5.41, 5.74) is 23.2. The Kier molecular flexibility index (Phi) is 8.30. The van der Waals surface area contributed by atoms with Gasteiger partial charge in [-0.3, -0.25) is 0 Å². The molecule has 2 heterocycles. The van der Waals surface area contributed by atoms with E-state index in [0.29, 0.717) is 17.5 Å². The number of rotatable bonds is 5. The van der Waals surface area contributed by atoms with Gasteiger partial charge in [0.25, 0.3) is 0 Å². The van der Waals surface area contributed by atoms with Crippen LogP contribution in [0.1, 0.15) is 47.2 Å². The van der Waals surface area contributed by atoms with Gasteiger partial charge in [-0.2, -0.15) is 0 Å². The minimum Gasteiger partial charge on any atom is -0.309 e. The first-order valence-corrected chi connectivity index (χ1v) is 24.6. The number of hydrogen-bond acceptors (Lipinski definition) is 3. The molecule has 12 aromatic rings. The van der Waals surface area contributed by atoms with Crippen LogP contribution >= 0.6 is 0 Å². The molecule has 0 saturated carbocycles. The first-order valence-electron chi connectivity index (χ1n) is 24.6.